The lowest BCUT2D eigenvalue weighted by Crippen LogP contribution is -2.47. The van der Waals surface area contributed by atoms with Gasteiger partial charge in [-0.25, -0.2) is 9.37 Å². The largest absolute Gasteiger partial charge is 0.393 e. The Morgan fingerprint density at radius 2 is 1.91 bits per heavy atom. The molecule has 3 aromatic rings. The van der Waals surface area contributed by atoms with Gasteiger partial charge in [-0.1, -0.05) is 0 Å². The quantitative estimate of drug-likeness (QED) is 0.346. The highest BCUT2D eigenvalue weighted by molar-refractivity contribution is 5.69. The fourth-order valence-corrected chi connectivity index (χ4v) is 3.81. The third-order valence-corrected chi connectivity index (χ3v) is 5.60. The van der Waals surface area contributed by atoms with Crippen molar-refractivity contribution in [1.29, 1.82) is 0 Å². The maximum atomic E-state index is 14.5. The number of rotatable bonds is 8. The minimum Gasteiger partial charge on any atom is -0.393 e. The fourth-order valence-electron chi connectivity index (χ4n) is 3.81. The van der Waals surface area contributed by atoms with E-state index in [1.165, 1.54) is 6.07 Å². The molecule has 1 aliphatic rings. The number of nitro groups is 1. The number of pyridine rings is 2. The molecule has 3 N–H and O–H groups in total. The van der Waals surface area contributed by atoms with Crippen molar-refractivity contribution in [3.63, 3.8) is 0 Å². The number of aromatic nitrogens is 2. The summed E-state index contributed by atoms with van der Waals surface area (Å²) in [4.78, 5) is 21.3. The average molecular weight is 452 g/mol. The Morgan fingerprint density at radius 1 is 1.15 bits per heavy atom. The van der Waals surface area contributed by atoms with E-state index in [0.717, 1.165) is 11.3 Å². The molecule has 0 spiro atoms. The molecule has 0 radical (unpaired) electrons. The van der Waals surface area contributed by atoms with Crippen molar-refractivity contribution in [2.24, 2.45) is 0 Å². The summed E-state index contributed by atoms with van der Waals surface area (Å²) in [6.45, 7) is 0.844. The molecule has 0 saturated carbocycles. The summed E-state index contributed by atoms with van der Waals surface area (Å²) >= 11 is 0. The van der Waals surface area contributed by atoms with Crippen molar-refractivity contribution in [2.75, 3.05) is 35.2 Å². The Morgan fingerprint density at radius 3 is 2.61 bits per heavy atom. The first-order valence-corrected chi connectivity index (χ1v) is 10.7. The van der Waals surface area contributed by atoms with Gasteiger partial charge in [-0.2, -0.15) is 0 Å². The third kappa shape index (κ3) is 5.53. The summed E-state index contributed by atoms with van der Waals surface area (Å²) < 4.78 is 14.5. The normalized spacial score (nSPS) is 18.1. The van der Waals surface area contributed by atoms with Crippen LogP contribution in [0.15, 0.2) is 60.9 Å². The van der Waals surface area contributed by atoms with Crippen molar-refractivity contribution < 1.29 is 14.4 Å². The molecule has 3 heterocycles. The Labute approximate surface area is 190 Å². The smallest absolute Gasteiger partial charge is 0.311 e. The first-order valence-electron chi connectivity index (χ1n) is 10.7. The molecule has 1 aromatic carbocycles. The van der Waals surface area contributed by atoms with Gasteiger partial charge in [-0.15, -0.1) is 0 Å². The van der Waals surface area contributed by atoms with Crippen molar-refractivity contribution in [1.82, 2.24) is 9.97 Å². The number of nitrogens with one attached hydrogen (secondary N) is 2. The van der Waals surface area contributed by atoms with Gasteiger partial charge < -0.3 is 20.6 Å². The van der Waals surface area contributed by atoms with Gasteiger partial charge >= 0.3 is 5.69 Å². The molecule has 0 aliphatic carbocycles. The van der Waals surface area contributed by atoms with Crippen LogP contribution in [0, 0.1) is 10.1 Å². The molecule has 1 unspecified atom stereocenters. The Kier molecular flexibility index (Phi) is 6.64. The first-order chi connectivity index (χ1) is 16.0. The van der Waals surface area contributed by atoms with E-state index < -0.39 is 17.2 Å². The molecule has 1 aliphatic heterocycles. The highest BCUT2D eigenvalue weighted by Gasteiger charge is 2.34. The predicted molar refractivity (Wildman–Crippen MR) is 125 cm³/mol. The minimum atomic E-state index is -1.59. The van der Waals surface area contributed by atoms with Crippen LogP contribution in [0.4, 0.5) is 33.1 Å². The standard InChI is InChI=1S/C23H25FN6O3/c24-23(16-31)10-1-13-29(15-23)19-4-2-18(3-5-19)27-22-20(30(32)33)6-7-21(28-22)26-14-17-8-11-25-12-9-17/h2-9,11-12,31H,1,10,13-16H2,(H2,26,27,28). The molecule has 1 saturated heterocycles. The van der Waals surface area contributed by atoms with Crippen LogP contribution in [0.25, 0.3) is 0 Å². The van der Waals surface area contributed by atoms with Crippen molar-refractivity contribution in [3.05, 3.63) is 76.6 Å². The molecule has 9 nitrogen and oxygen atoms in total. The first kappa shape index (κ1) is 22.4. The summed E-state index contributed by atoms with van der Waals surface area (Å²) in [5, 5.41) is 27.0. The maximum Gasteiger partial charge on any atom is 0.311 e. The SMILES string of the molecule is O=[N+]([O-])c1ccc(NCc2ccncc2)nc1Nc1ccc(N2CCCC(F)(CO)C2)cc1. The van der Waals surface area contributed by atoms with E-state index in [2.05, 4.69) is 20.6 Å². The van der Waals surface area contributed by atoms with Crippen LogP contribution >= 0.6 is 0 Å². The number of piperidine rings is 1. The van der Waals surface area contributed by atoms with E-state index in [-0.39, 0.29) is 18.1 Å². The Hall–Kier alpha value is -3.79. The molecule has 2 aromatic heterocycles. The van der Waals surface area contributed by atoms with Crippen molar-refractivity contribution in [2.45, 2.75) is 25.1 Å². The lowest BCUT2D eigenvalue weighted by Gasteiger charge is -2.37. The van der Waals surface area contributed by atoms with E-state index in [1.807, 2.05) is 29.2 Å². The highest BCUT2D eigenvalue weighted by Crippen LogP contribution is 2.31. The second kappa shape index (κ2) is 9.78. The molecular weight excluding hydrogens is 427 g/mol. The molecule has 10 heteroatoms. The van der Waals surface area contributed by atoms with Crippen LogP contribution in [-0.2, 0) is 6.54 Å². The monoisotopic (exact) mass is 452 g/mol. The number of benzene rings is 1. The topological polar surface area (TPSA) is 116 Å². The van der Waals surface area contributed by atoms with Crippen molar-refractivity contribution in [3.8, 4) is 0 Å². The minimum absolute atomic E-state index is 0.119. The van der Waals surface area contributed by atoms with Gasteiger partial charge in [0, 0.05) is 42.9 Å². The molecule has 1 fully saturated rings. The van der Waals surface area contributed by atoms with Gasteiger partial charge in [0.1, 0.15) is 5.82 Å². The van der Waals surface area contributed by atoms with Crippen LogP contribution in [0.2, 0.25) is 0 Å². The number of anilines is 4. The zero-order chi connectivity index (χ0) is 23.3. The molecule has 0 bridgehead atoms. The van der Waals surface area contributed by atoms with Crippen LogP contribution in [0.1, 0.15) is 18.4 Å². The summed E-state index contributed by atoms with van der Waals surface area (Å²) in [5.74, 6) is 0.613. The zero-order valence-corrected chi connectivity index (χ0v) is 17.9. The Bertz CT molecular complexity index is 1100. The number of nitrogens with zero attached hydrogens (tertiary/aromatic N) is 4. The van der Waals surface area contributed by atoms with Crippen LogP contribution < -0.4 is 15.5 Å². The van der Waals surface area contributed by atoms with Gasteiger partial charge in [0.15, 0.2) is 5.67 Å². The summed E-state index contributed by atoms with van der Waals surface area (Å²) in [6, 6.07) is 13.9. The average Bonchev–Trinajstić information content (AvgIpc) is 2.84. The zero-order valence-electron chi connectivity index (χ0n) is 17.9. The summed E-state index contributed by atoms with van der Waals surface area (Å²) in [5.41, 5.74) is 0.710. The lowest BCUT2D eigenvalue weighted by atomic mass is 9.95. The van der Waals surface area contributed by atoms with E-state index in [4.69, 9.17) is 0 Å². The molecule has 4 rings (SSSR count). The summed E-state index contributed by atoms with van der Waals surface area (Å²) in [6.07, 6.45) is 4.39. The van der Waals surface area contributed by atoms with Gasteiger partial charge in [-0.3, -0.25) is 15.1 Å². The van der Waals surface area contributed by atoms with Crippen molar-refractivity contribution >= 4 is 28.7 Å². The fraction of sp³-hybridized carbons (Fsp3) is 0.304. The molecule has 1 atom stereocenters. The van der Waals surface area contributed by atoms with Gasteiger partial charge in [0.05, 0.1) is 18.1 Å². The maximum absolute atomic E-state index is 14.5. The highest BCUT2D eigenvalue weighted by atomic mass is 19.1. The van der Waals surface area contributed by atoms with Gasteiger partial charge in [0.2, 0.25) is 5.82 Å². The molecule has 172 valence electrons. The number of halogens is 1. The van der Waals surface area contributed by atoms with E-state index >= 15 is 0 Å². The third-order valence-electron chi connectivity index (χ3n) is 5.60. The van der Waals surface area contributed by atoms with E-state index in [9.17, 15) is 19.6 Å². The van der Waals surface area contributed by atoms with Gasteiger partial charge in [-0.05, 0) is 60.9 Å². The number of hydrogen-bond acceptors (Lipinski definition) is 8. The number of hydrogen-bond donors (Lipinski definition) is 3. The Balaban J connectivity index is 1.48. The van der Waals surface area contributed by atoms with Gasteiger partial charge in [0.25, 0.3) is 0 Å². The van der Waals surface area contributed by atoms with Crippen LogP contribution in [-0.4, -0.2) is 45.4 Å². The van der Waals surface area contributed by atoms with Crippen LogP contribution in [0.5, 0.6) is 0 Å². The van der Waals surface area contributed by atoms with E-state index in [1.54, 1.807) is 30.6 Å². The van der Waals surface area contributed by atoms with Crippen LogP contribution in [0.3, 0.4) is 0 Å². The molecular formula is C23H25FN6O3. The number of alkyl halides is 1. The number of aliphatic hydroxyl groups excluding tert-OH is 1. The summed E-state index contributed by atoms with van der Waals surface area (Å²) in [7, 11) is 0. The second-order valence-corrected chi connectivity index (χ2v) is 8.04. The second-order valence-electron chi connectivity index (χ2n) is 8.04. The molecule has 0 amide bonds. The number of aliphatic hydroxyl groups is 1. The molecule has 33 heavy (non-hydrogen) atoms. The lowest BCUT2D eigenvalue weighted by molar-refractivity contribution is -0.384. The van der Waals surface area contributed by atoms with E-state index in [0.29, 0.717) is 37.4 Å². The predicted octanol–water partition coefficient (Wildman–Crippen LogP) is 4.04.